The molecule has 1 aromatic heterocycles. The molecule has 0 unspecified atom stereocenters. The van der Waals surface area contributed by atoms with Gasteiger partial charge in [-0.05, 0) is 19.4 Å². The van der Waals surface area contributed by atoms with Gasteiger partial charge < -0.3 is 5.32 Å². The summed E-state index contributed by atoms with van der Waals surface area (Å²) in [6, 6.07) is 8.62. The Morgan fingerprint density at radius 1 is 1.29 bits per heavy atom. The summed E-state index contributed by atoms with van der Waals surface area (Å²) in [5.74, 6) is 0. The Labute approximate surface area is 107 Å². The standard InChI is InChI=1S/C14H18N2S/c1-11-4-3-5-13(8-11)9-15-7-6-14-16-12(2)10-17-14/h3-5,8,10,15H,6-7,9H2,1-2H3. The first-order valence-electron chi connectivity index (χ1n) is 5.91. The molecule has 90 valence electrons. The second-order valence-corrected chi connectivity index (χ2v) is 5.24. The molecule has 1 N–H and O–H groups in total. The minimum atomic E-state index is 0.937. The highest BCUT2D eigenvalue weighted by molar-refractivity contribution is 7.09. The lowest BCUT2D eigenvalue weighted by molar-refractivity contribution is 0.684. The Hall–Kier alpha value is -1.19. The van der Waals surface area contributed by atoms with Gasteiger partial charge in [-0.15, -0.1) is 11.3 Å². The Morgan fingerprint density at radius 3 is 2.88 bits per heavy atom. The minimum Gasteiger partial charge on any atom is -0.312 e. The van der Waals surface area contributed by atoms with Gasteiger partial charge in [0.05, 0.1) is 5.01 Å². The van der Waals surface area contributed by atoms with E-state index in [1.165, 1.54) is 16.1 Å². The Morgan fingerprint density at radius 2 is 2.18 bits per heavy atom. The molecule has 0 saturated carbocycles. The predicted molar refractivity (Wildman–Crippen MR) is 73.4 cm³/mol. The largest absolute Gasteiger partial charge is 0.312 e. The van der Waals surface area contributed by atoms with E-state index in [1.807, 2.05) is 6.92 Å². The minimum absolute atomic E-state index is 0.937. The summed E-state index contributed by atoms with van der Waals surface area (Å²) in [7, 11) is 0. The van der Waals surface area contributed by atoms with Crippen LogP contribution in [0.4, 0.5) is 0 Å². The van der Waals surface area contributed by atoms with Gasteiger partial charge in [0, 0.05) is 30.6 Å². The van der Waals surface area contributed by atoms with E-state index in [-0.39, 0.29) is 0 Å². The van der Waals surface area contributed by atoms with E-state index in [4.69, 9.17) is 0 Å². The molecule has 0 saturated heterocycles. The first kappa shape index (κ1) is 12.3. The molecule has 1 aromatic carbocycles. The number of nitrogens with one attached hydrogen (secondary N) is 1. The maximum atomic E-state index is 4.45. The number of aromatic nitrogens is 1. The third-order valence-electron chi connectivity index (χ3n) is 2.59. The number of aryl methyl sites for hydroxylation is 2. The third kappa shape index (κ3) is 3.95. The van der Waals surface area contributed by atoms with Crippen molar-refractivity contribution in [2.75, 3.05) is 6.54 Å². The number of hydrogen-bond donors (Lipinski definition) is 1. The fourth-order valence-electron chi connectivity index (χ4n) is 1.77. The lowest BCUT2D eigenvalue weighted by Gasteiger charge is -2.04. The van der Waals surface area contributed by atoms with Crippen LogP contribution in [0.1, 0.15) is 21.8 Å². The molecule has 2 rings (SSSR count). The van der Waals surface area contributed by atoms with Gasteiger partial charge in [0.25, 0.3) is 0 Å². The van der Waals surface area contributed by atoms with Crippen LogP contribution in [0.3, 0.4) is 0 Å². The maximum Gasteiger partial charge on any atom is 0.0940 e. The molecule has 0 aliphatic rings. The summed E-state index contributed by atoms with van der Waals surface area (Å²) < 4.78 is 0. The van der Waals surface area contributed by atoms with Crippen LogP contribution in [-0.2, 0) is 13.0 Å². The van der Waals surface area contributed by atoms with E-state index in [2.05, 4.69) is 46.9 Å². The van der Waals surface area contributed by atoms with Crippen molar-refractivity contribution in [1.82, 2.24) is 10.3 Å². The predicted octanol–water partition coefficient (Wildman–Crippen LogP) is 3.09. The van der Waals surface area contributed by atoms with Crippen molar-refractivity contribution in [1.29, 1.82) is 0 Å². The molecule has 1 heterocycles. The third-order valence-corrected chi connectivity index (χ3v) is 3.62. The molecule has 0 atom stereocenters. The van der Waals surface area contributed by atoms with Gasteiger partial charge in [0.1, 0.15) is 0 Å². The van der Waals surface area contributed by atoms with Crippen molar-refractivity contribution in [3.05, 3.63) is 51.5 Å². The van der Waals surface area contributed by atoms with Crippen molar-refractivity contribution in [2.45, 2.75) is 26.8 Å². The SMILES string of the molecule is Cc1cccc(CNCCc2nc(C)cs2)c1. The van der Waals surface area contributed by atoms with Crippen molar-refractivity contribution in [3.8, 4) is 0 Å². The molecule has 0 radical (unpaired) electrons. The van der Waals surface area contributed by atoms with E-state index >= 15 is 0 Å². The van der Waals surface area contributed by atoms with Gasteiger partial charge in [-0.2, -0.15) is 0 Å². The zero-order valence-electron chi connectivity index (χ0n) is 10.4. The molecule has 0 aliphatic heterocycles. The number of hydrogen-bond acceptors (Lipinski definition) is 3. The van der Waals surface area contributed by atoms with Crippen LogP contribution in [0, 0.1) is 13.8 Å². The molecule has 0 fully saturated rings. The highest BCUT2D eigenvalue weighted by Crippen LogP contribution is 2.08. The quantitative estimate of drug-likeness (QED) is 0.820. The molecule has 2 aromatic rings. The van der Waals surface area contributed by atoms with Crippen LogP contribution in [0.2, 0.25) is 0 Å². The van der Waals surface area contributed by atoms with Crippen LogP contribution in [0.25, 0.3) is 0 Å². The fourth-order valence-corrected chi connectivity index (χ4v) is 2.54. The Bertz CT molecular complexity index is 477. The van der Waals surface area contributed by atoms with E-state index < -0.39 is 0 Å². The monoisotopic (exact) mass is 246 g/mol. The van der Waals surface area contributed by atoms with Crippen molar-refractivity contribution < 1.29 is 0 Å². The van der Waals surface area contributed by atoms with E-state index in [1.54, 1.807) is 11.3 Å². The van der Waals surface area contributed by atoms with Gasteiger partial charge in [-0.3, -0.25) is 0 Å². The van der Waals surface area contributed by atoms with Crippen LogP contribution in [0.5, 0.6) is 0 Å². The number of rotatable bonds is 5. The van der Waals surface area contributed by atoms with Crippen LogP contribution >= 0.6 is 11.3 Å². The summed E-state index contributed by atoms with van der Waals surface area (Å²) in [5, 5.41) is 6.78. The molecule has 0 aliphatic carbocycles. The van der Waals surface area contributed by atoms with Crippen LogP contribution < -0.4 is 5.32 Å². The van der Waals surface area contributed by atoms with E-state index in [9.17, 15) is 0 Å². The van der Waals surface area contributed by atoms with Gasteiger partial charge in [0.2, 0.25) is 0 Å². The lowest BCUT2D eigenvalue weighted by Crippen LogP contribution is -2.16. The second-order valence-electron chi connectivity index (χ2n) is 4.30. The summed E-state index contributed by atoms with van der Waals surface area (Å²) in [6.45, 7) is 6.09. The molecular weight excluding hydrogens is 228 g/mol. The molecule has 17 heavy (non-hydrogen) atoms. The molecule has 0 amide bonds. The molecule has 2 nitrogen and oxygen atoms in total. The first-order chi connectivity index (χ1) is 8.24. The summed E-state index contributed by atoms with van der Waals surface area (Å²) >= 11 is 1.75. The normalized spacial score (nSPS) is 10.7. The molecular formula is C14H18N2S. The maximum absolute atomic E-state index is 4.45. The number of thiazole rings is 1. The average molecular weight is 246 g/mol. The Kier molecular flexibility index (Phi) is 4.29. The van der Waals surface area contributed by atoms with Crippen molar-refractivity contribution in [3.63, 3.8) is 0 Å². The van der Waals surface area contributed by atoms with Gasteiger partial charge in [0.15, 0.2) is 0 Å². The van der Waals surface area contributed by atoms with Gasteiger partial charge in [-0.25, -0.2) is 4.98 Å². The first-order valence-corrected chi connectivity index (χ1v) is 6.79. The number of nitrogens with zero attached hydrogens (tertiary/aromatic N) is 1. The van der Waals surface area contributed by atoms with E-state index in [0.29, 0.717) is 0 Å². The molecule has 0 spiro atoms. The molecule has 3 heteroatoms. The zero-order valence-corrected chi connectivity index (χ0v) is 11.2. The van der Waals surface area contributed by atoms with Crippen molar-refractivity contribution >= 4 is 11.3 Å². The lowest BCUT2D eigenvalue weighted by atomic mass is 10.1. The van der Waals surface area contributed by atoms with Gasteiger partial charge in [-0.1, -0.05) is 29.8 Å². The van der Waals surface area contributed by atoms with E-state index in [0.717, 1.165) is 25.2 Å². The van der Waals surface area contributed by atoms with Crippen molar-refractivity contribution in [2.24, 2.45) is 0 Å². The Balaban J connectivity index is 1.73. The summed E-state index contributed by atoms with van der Waals surface area (Å²) in [5.41, 5.74) is 3.80. The van der Waals surface area contributed by atoms with Gasteiger partial charge >= 0.3 is 0 Å². The second kappa shape index (κ2) is 5.94. The summed E-state index contributed by atoms with van der Waals surface area (Å²) in [4.78, 5) is 4.45. The highest BCUT2D eigenvalue weighted by atomic mass is 32.1. The van der Waals surface area contributed by atoms with Crippen LogP contribution in [0.15, 0.2) is 29.6 Å². The fraction of sp³-hybridized carbons (Fsp3) is 0.357. The van der Waals surface area contributed by atoms with Crippen LogP contribution in [-0.4, -0.2) is 11.5 Å². The highest BCUT2D eigenvalue weighted by Gasteiger charge is 1.98. The smallest absolute Gasteiger partial charge is 0.0940 e. The summed E-state index contributed by atoms with van der Waals surface area (Å²) in [6.07, 6.45) is 1.02. The average Bonchev–Trinajstić information content (AvgIpc) is 2.71. The topological polar surface area (TPSA) is 24.9 Å². The zero-order chi connectivity index (χ0) is 12.1. The molecule has 0 bridgehead atoms. The number of benzene rings is 1.